The van der Waals surface area contributed by atoms with Crippen LogP contribution < -0.4 is 11.1 Å². The Kier molecular flexibility index (Phi) is 3.95. The molecule has 0 bridgehead atoms. The second kappa shape index (κ2) is 5.48. The van der Waals surface area contributed by atoms with Crippen molar-refractivity contribution in [3.63, 3.8) is 0 Å². The number of hydrogen-bond donors (Lipinski definition) is 3. The van der Waals surface area contributed by atoms with Gasteiger partial charge in [0.15, 0.2) is 0 Å². The Morgan fingerprint density at radius 2 is 2.26 bits per heavy atom. The number of carboxylic acid groups (broad SMARTS) is 1. The fourth-order valence-corrected chi connectivity index (χ4v) is 2.10. The minimum Gasteiger partial charge on any atom is -0.478 e. The maximum atomic E-state index is 10.8. The smallest absolute Gasteiger partial charge is 0.335 e. The summed E-state index contributed by atoms with van der Waals surface area (Å²) in [6, 6.07) is 5.92. The number of nitrogens with zero attached hydrogens (tertiary/aromatic N) is 1. The Morgan fingerprint density at radius 1 is 1.58 bits per heavy atom. The van der Waals surface area contributed by atoms with E-state index in [1.165, 1.54) is 18.9 Å². The second-order valence-electron chi connectivity index (χ2n) is 5.23. The number of benzene rings is 1. The van der Waals surface area contributed by atoms with Crippen LogP contribution in [0.25, 0.3) is 0 Å². The molecular formula is C14H21N3O2. The van der Waals surface area contributed by atoms with Crippen molar-refractivity contribution in [3.8, 4) is 0 Å². The monoisotopic (exact) mass is 263 g/mol. The zero-order chi connectivity index (χ0) is 14.0. The van der Waals surface area contributed by atoms with Crippen LogP contribution in [0.2, 0.25) is 0 Å². The van der Waals surface area contributed by atoms with Crippen LogP contribution in [0.5, 0.6) is 0 Å². The molecule has 0 spiro atoms. The molecule has 19 heavy (non-hydrogen) atoms. The van der Waals surface area contributed by atoms with E-state index in [1.54, 1.807) is 12.1 Å². The zero-order valence-electron chi connectivity index (χ0n) is 11.4. The summed E-state index contributed by atoms with van der Waals surface area (Å²) in [7, 11) is 2.14. The standard InChI is InChI=1S/C14H21N3O2/c1-9(17(2)11-4-5-11)8-16-13-6-3-10(14(18)19)7-12(13)15/h3,6-7,9,11,16H,4-5,8,15H2,1-2H3,(H,18,19). The molecular weight excluding hydrogens is 242 g/mol. The first-order valence-corrected chi connectivity index (χ1v) is 6.57. The van der Waals surface area contributed by atoms with E-state index in [4.69, 9.17) is 10.8 Å². The summed E-state index contributed by atoms with van der Waals surface area (Å²) in [5, 5.41) is 12.2. The predicted molar refractivity (Wildman–Crippen MR) is 76.6 cm³/mol. The van der Waals surface area contributed by atoms with Crippen molar-refractivity contribution in [1.82, 2.24) is 4.90 Å². The fourth-order valence-electron chi connectivity index (χ4n) is 2.10. The molecule has 4 N–H and O–H groups in total. The van der Waals surface area contributed by atoms with Gasteiger partial charge in [0.1, 0.15) is 0 Å². The quantitative estimate of drug-likeness (QED) is 0.683. The minimum absolute atomic E-state index is 0.214. The van der Waals surface area contributed by atoms with E-state index < -0.39 is 5.97 Å². The highest BCUT2D eigenvalue weighted by Gasteiger charge is 2.28. The van der Waals surface area contributed by atoms with Gasteiger partial charge in [-0.25, -0.2) is 4.79 Å². The van der Waals surface area contributed by atoms with Gasteiger partial charge in [-0.1, -0.05) is 0 Å². The maximum absolute atomic E-state index is 10.8. The molecule has 0 radical (unpaired) electrons. The van der Waals surface area contributed by atoms with E-state index in [0.29, 0.717) is 11.7 Å². The van der Waals surface area contributed by atoms with E-state index in [-0.39, 0.29) is 5.56 Å². The predicted octanol–water partition coefficient (Wildman–Crippen LogP) is 1.86. The van der Waals surface area contributed by atoms with Gasteiger partial charge in [0, 0.05) is 18.6 Å². The van der Waals surface area contributed by atoms with Gasteiger partial charge in [-0.15, -0.1) is 0 Å². The van der Waals surface area contributed by atoms with Crippen molar-refractivity contribution in [3.05, 3.63) is 23.8 Å². The normalized spacial score (nSPS) is 16.4. The second-order valence-corrected chi connectivity index (χ2v) is 5.23. The number of aromatic carboxylic acids is 1. The summed E-state index contributed by atoms with van der Waals surface area (Å²) in [6.07, 6.45) is 2.58. The SMILES string of the molecule is CC(CNc1ccc(C(=O)O)cc1N)N(C)C1CC1. The molecule has 1 aromatic rings. The third-order valence-corrected chi connectivity index (χ3v) is 3.70. The molecule has 1 fully saturated rings. The van der Waals surface area contributed by atoms with Crippen LogP contribution in [0.4, 0.5) is 11.4 Å². The Labute approximate surface area is 113 Å². The number of rotatable bonds is 6. The fraction of sp³-hybridized carbons (Fsp3) is 0.500. The molecule has 5 heteroatoms. The molecule has 2 rings (SSSR count). The van der Waals surface area contributed by atoms with Crippen molar-refractivity contribution < 1.29 is 9.90 Å². The van der Waals surface area contributed by atoms with E-state index in [0.717, 1.165) is 18.3 Å². The third-order valence-electron chi connectivity index (χ3n) is 3.70. The molecule has 0 aliphatic heterocycles. The Morgan fingerprint density at radius 3 is 2.79 bits per heavy atom. The lowest BCUT2D eigenvalue weighted by atomic mass is 10.1. The van der Waals surface area contributed by atoms with Gasteiger partial charge in [-0.05, 0) is 45.0 Å². The zero-order valence-corrected chi connectivity index (χ0v) is 11.4. The highest BCUT2D eigenvalue weighted by molar-refractivity contribution is 5.90. The summed E-state index contributed by atoms with van der Waals surface area (Å²) in [4.78, 5) is 13.2. The van der Waals surface area contributed by atoms with E-state index in [2.05, 4.69) is 24.2 Å². The van der Waals surface area contributed by atoms with Gasteiger partial charge < -0.3 is 16.2 Å². The van der Waals surface area contributed by atoms with Gasteiger partial charge in [0.2, 0.25) is 0 Å². The lowest BCUT2D eigenvalue weighted by Gasteiger charge is -2.25. The van der Waals surface area contributed by atoms with Crippen LogP contribution in [0.3, 0.4) is 0 Å². The first-order chi connectivity index (χ1) is 8.99. The number of nitrogen functional groups attached to an aromatic ring is 1. The molecule has 1 aliphatic carbocycles. The molecule has 5 nitrogen and oxygen atoms in total. The van der Waals surface area contributed by atoms with E-state index >= 15 is 0 Å². The molecule has 1 aliphatic rings. The molecule has 0 aromatic heterocycles. The summed E-state index contributed by atoms with van der Waals surface area (Å²) in [6.45, 7) is 2.97. The number of likely N-dealkylation sites (N-methyl/N-ethyl adjacent to an activating group) is 1. The first kappa shape index (κ1) is 13.7. The molecule has 1 aromatic carbocycles. The van der Waals surface area contributed by atoms with E-state index in [9.17, 15) is 4.79 Å². The van der Waals surface area contributed by atoms with Crippen molar-refractivity contribution in [2.24, 2.45) is 0 Å². The van der Waals surface area contributed by atoms with Crippen molar-refractivity contribution in [2.75, 3.05) is 24.6 Å². The largest absolute Gasteiger partial charge is 0.478 e. The first-order valence-electron chi connectivity index (χ1n) is 6.57. The molecule has 0 saturated heterocycles. The molecule has 1 saturated carbocycles. The van der Waals surface area contributed by atoms with E-state index in [1.807, 2.05) is 0 Å². The third kappa shape index (κ3) is 3.38. The van der Waals surface area contributed by atoms with Crippen LogP contribution in [-0.2, 0) is 0 Å². The Hall–Kier alpha value is -1.75. The molecule has 104 valence electrons. The van der Waals surface area contributed by atoms with Gasteiger partial charge in [-0.3, -0.25) is 4.90 Å². The topological polar surface area (TPSA) is 78.6 Å². The highest BCUT2D eigenvalue weighted by atomic mass is 16.4. The molecule has 1 atom stereocenters. The van der Waals surface area contributed by atoms with Crippen LogP contribution in [-0.4, -0.2) is 41.7 Å². The number of carboxylic acids is 1. The van der Waals surface area contributed by atoms with Gasteiger partial charge in [-0.2, -0.15) is 0 Å². The van der Waals surface area contributed by atoms with Crippen molar-refractivity contribution in [2.45, 2.75) is 31.8 Å². The van der Waals surface area contributed by atoms with Gasteiger partial charge >= 0.3 is 5.97 Å². The van der Waals surface area contributed by atoms with Crippen molar-refractivity contribution >= 4 is 17.3 Å². The molecule has 1 unspecified atom stereocenters. The summed E-state index contributed by atoms with van der Waals surface area (Å²) < 4.78 is 0. The number of nitrogens with one attached hydrogen (secondary N) is 1. The van der Waals surface area contributed by atoms with Crippen molar-refractivity contribution in [1.29, 1.82) is 0 Å². The molecule has 0 heterocycles. The summed E-state index contributed by atoms with van der Waals surface area (Å²) in [5.74, 6) is -0.958. The number of carbonyl (C=O) groups is 1. The van der Waals surface area contributed by atoms with Crippen LogP contribution in [0.1, 0.15) is 30.1 Å². The number of hydrogen-bond acceptors (Lipinski definition) is 4. The highest BCUT2D eigenvalue weighted by Crippen LogP contribution is 2.27. The minimum atomic E-state index is -0.958. The lowest BCUT2D eigenvalue weighted by Crippen LogP contribution is -2.36. The number of nitrogens with two attached hydrogens (primary N) is 1. The maximum Gasteiger partial charge on any atom is 0.335 e. The van der Waals surface area contributed by atoms with Crippen LogP contribution in [0, 0.1) is 0 Å². The van der Waals surface area contributed by atoms with Crippen LogP contribution in [0.15, 0.2) is 18.2 Å². The Bertz CT molecular complexity index is 472. The van der Waals surface area contributed by atoms with Gasteiger partial charge in [0.05, 0.1) is 16.9 Å². The number of anilines is 2. The molecule has 0 amide bonds. The summed E-state index contributed by atoms with van der Waals surface area (Å²) >= 11 is 0. The average Bonchev–Trinajstić information content (AvgIpc) is 3.20. The van der Waals surface area contributed by atoms with Crippen LogP contribution >= 0.6 is 0 Å². The lowest BCUT2D eigenvalue weighted by molar-refractivity contribution is 0.0697. The Balaban J connectivity index is 1.93. The van der Waals surface area contributed by atoms with Gasteiger partial charge in [0.25, 0.3) is 0 Å². The summed E-state index contributed by atoms with van der Waals surface area (Å²) in [5.41, 5.74) is 7.33. The average molecular weight is 263 g/mol.